The highest BCUT2D eigenvalue weighted by Crippen LogP contribution is 2.24. The average molecular weight is 396 g/mol. The summed E-state index contributed by atoms with van der Waals surface area (Å²) in [6.45, 7) is 1.39. The zero-order valence-electron chi connectivity index (χ0n) is 15.1. The lowest BCUT2D eigenvalue weighted by Gasteiger charge is -2.07. The Morgan fingerprint density at radius 2 is 1.97 bits per heavy atom. The highest BCUT2D eigenvalue weighted by molar-refractivity contribution is 5.87. The number of hydrogen-bond acceptors (Lipinski definition) is 6. The first-order valence-corrected chi connectivity index (χ1v) is 8.46. The van der Waals surface area contributed by atoms with Crippen LogP contribution in [0.25, 0.3) is 5.65 Å². The summed E-state index contributed by atoms with van der Waals surface area (Å²) < 4.78 is 34.0. The summed E-state index contributed by atoms with van der Waals surface area (Å²) in [6.07, 6.45) is 3.10. The van der Waals surface area contributed by atoms with Gasteiger partial charge in [0.2, 0.25) is 11.9 Å². The number of amides is 1. The number of ether oxygens (including phenoxy) is 1. The molecule has 29 heavy (non-hydrogen) atoms. The number of benzene rings is 1. The van der Waals surface area contributed by atoms with Crippen LogP contribution in [0.15, 0.2) is 54.9 Å². The number of aromatic nitrogens is 4. The summed E-state index contributed by atoms with van der Waals surface area (Å²) in [6, 6.07) is 9.75. The summed E-state index contributed by atoms with van der Waals surface area (Å²) in [7, 11) is 0. The maximum absolute atomic E-state index is 13.8. The van der Waals surface area contributed by atoms with Crippen molar-refractivity contribution in [3.63, 3.8) is 0 Å². The summed E-state index contributed by atoms with van der Waals surface area (Å²) in [5, 5.41) is 9.50. The third-order valence-corrected chi connectivity index (χ3v) is 3.75. The van der Waals surface area contributed by atoms with Crippen molar-refractivity contribution in [1.82, 2.24) is 19.6 Å². The first-order chi connectivity index (χ1) is 14.0. The number of anilines is 3. The molecule has 0 saturated heterocycles. The molecule has 1 amide bonds. The number of halogens is 2. The molecule has 1 aromatic carbocycles. The maximum Gasteiger partial charge on any atom is 0.247 e. The van der Waals surface area contributed by atoms with Gasteiger partial charge in [-0.1, -0.05) is 0 Å². The predicted octanol–water partition coefficient (Wildman–Crippen LogP) is 3.90. The third kappa shape index (κ3) is 4.26. The van der Waals surface area contributed by atoms with Crippen LogP contribution in [0.1, 0.15) is 6.92 Å². The van der Waals surface area contributed by atoms with E-state index in [2.05, 4.69) is 25.7 Å². The van der Waals surface area contributed by atoms with Gasteiger partial charge in [-0.15, -0.1) is 5.10 Å². The Labute approximate surface area is 163 Å². The lowest BCUT2D eigenvalue weighted by Crippen LogP contribution is -2.07. The van der Waals surface area contributed by atoms with E-state index in [0.717, 1.165) is 12.1 Å². The molecule has 0 radical (unpaired) electrons. The second-order valence-electron chi connectivity index (χ2n) is 6.01. The van der Waals surface area contributed by atoms with Gasteiger partial charge >= 0.3 is 0 Å². The zero-order valence-corrected chi connectivity index (χ0v) is 15.1. The minimum Gasteiger partial charge on any atom is -0.456 e. The first kappa shape index (κ1) is 18.3. The Morgan fingerprint density at radius 1 is 1.10 bits per heavy atom. The number of nitrogens with one attached hydrogen (secondary N) is 2. The van der Waals surface area contributed by atoms with Crippen molar-refractivity contribution in [2.75, 3.05) is 10.6 Å². The number of hydrogen-bond donors (Lipinski definition) is 2. The third-order valence-electron chi connectivity index (χ3n) is 3.75. The largest absolute Gasteiger partial charge is 0.456 e. The second-order valence-corrected chi connectivity index (χ2v) is 6.01. The molecule has 0 aliphatic heterocycles. The lowest BCUT2D eigenvalue weighted by molar-refractivity contribution is -0.114. The van der Waals surface area contributed by atoms with E-state index in [0.29, 0.717) is 23.0 Å². The van der Waals surface area contributed by atoms with Crippen LogP contribution in [0.2, 0.25) is 0 Å². The fourth-order valence-electron chi connectivity index (χ4n) is 2.55. The molecule has 3 heterocycles. The number of rotatable bonds is 5. The molecule has 0 aliphatic carbocycles. The average Bonchev–Trinajstić information content (AvgIpc) is 3.05. The SMILES string of the molecule is CC(=O)Nc1cc(Oc2ccc3nc(Nc4ccc(F)cc4F)nn3c2)ccn1. The van der Waals surface area contributed by atoms with Gasteiger partial charge in [-0.2, -0.15) is 4.98 Å². The van der Waals surface area contributed by atoms with E-state index in [1.54, 1.807) is 30.5 Å². The van der Waals surface area contributed by atoms with Crippen molar-refractivity contribution < 1.29 is 18.3 Å². The molecule has 0 atom stereocenters. The topological polar surface area (TPSA) is 93.4 Å². The van der Waals surface area contributed by atoms with E-state index in [1.807, 2.05) is 0 Å². The van der Waals surface area contributed by atoms with Crippen LogP contribution in [0.3, 0.4) is 0 Å². The van der Waals surface area contributed by atoms with Crippen LogP contribution in [0.4, 0.5) is 26.2 Å². The van der Waals surface area contributed by atoms with E-state index in [4.69, 9.17) is 4.74 Å². The van der Waals surface area contributed by atoms with E-state index in [1.165, 1.54) is 23.7 Å². The number of pyridine rings is 2. The van der Waals surface area contributed by atoms with Crippen molar-refractivity contribution >= 4 is 29.0 Å². The van der Waals surface area contributed by atoms with Crippen molar-refractivity contribution in [3.8, 4) is 11.5 Å². The molecule has 10 heteroatoms. The molecule has 0 bridgehead atoms. The van der Waals surface area contributed by atoms with Gasteiger partial charge < -0.3 is 15.4 Å². The van der Waals surface area contributed by atoms with E-state index in [9.17, 15) is 13.6 Å². The molecule has 4 rings (SSSR count). The number of carbonyl (C=O) groups excluding carboxylic acids is 1. The summed E-state index contributed by atoms with van der Waals surface area (Å²) in [5.41, 5.74) is 0.553. The predicted molar refractivity (Wildman–Crippen MR) is 101 cm³/mol. The molecule has 0 spiro atoms. The molecular formula is C19H14F2N6O2. The van der Waals surface area contributed by atoms with Crippen LogP contribution in [-0.4, -0.2) is 25.5 Å². The highest BCUT2D eigenvalue weighted by Gasteiger charge is 2.09. The summed E-state index contributed by atoms with van der Waals surface area (Å²) in [4.78, 5) is 19.4. The number of fused-ring (bicyclic) bond motifs is 1. The normalized spacial score (nSPS) is 10.7. The molecule has 0 saturated carbocycles. The minimum absolute atomic E-state index is 0.0565. The number of carbonyl (C=O) groups is 1. The molecule has 0 aliphatic rings. The fraction of sp³-hybridized carbons (Fsp3) is 0.0526. The molecule has 146 valence electrons. The van der Waals surface area contributed by atoms with Gasteiger partial charge in [0, 0.05) is 25.3 Å². The standard InChI is InChI=1S/C19H14F2N6O2/c1-11(28)23-17-9-13(6-7-22-17)29-14-3-5-18-25-19(26-27(18)10-14)24-16-4-2-12(20)8-15(16)21/h2-10H,1H3,(H,24,26)(H,22,23,28). The second kappa shape index (κ2) is 7.50. The molecule has 0 fully saturated rings. The molecule has 8 nitrogen and oxygen atoms in total. The number of nitrogens with zero attached hydrogens (tertiary/aromatic N) is 4. The monoisotopic (exact) mass is 396 g/mol. The zero-order chi connectivity index (χ0) is 20.4. The van der Waals surface area contributed by atoms with Gasteiger partial charge in [0.15, 0.2) is 5.65 Å². The van der Waals surface area contributed by atoms with Crippen molar-refractivity contribution in [3.05, 3.63) is 66.5 Å². The van der Waals surface area contributed by atoms with Crippen LogP contribution in [0.5, 0.6) is 11.5 Å². The Morgan fingerprint density at radius 3 is 2.76 bits per heavy atom. The van der Waals surface area contributed by atoms with Crippen LogP contribution in [0, 0.1) is 11.6 Å². The smallest absolute Gasteiger partial charge is 0.247 e. The van der Waals surface area contributed by atoms with E-state index in [-0.39, 0.29) is 17.5 Å². The van der Waals surface area contributed by atoms with Crippen LogP contribution < -0.4 is 15.4 Å². The Hall–Kier alpha value is -4.08. The van der Waals surface area contributed by atoms with Gasteiger partial charge in [0.1, 0.15) is 29.0 Å². The Kier molecular flexibility index (Phi) is 4.73. The highest BCUT2D eigenvalue weighted by atomic mass is 19.1. The van der Waals surface area contributed by atoms with Gasteiger partial charge in [0.25, 0.3) is 0 Å². The van der Waals surface area contributed by atoms with Gasteiger partial charge in [-0.25, -0.2) is 18.3 Å². The molecular weight excluding hydrogens is 382 g/mol. The molecule has 0 unspecified atom stereocenters. The van der Waals surface area contributed by atoms with E-state index < -0.39 is 11.6 Å². The molecule has 2 N–H and O–H groups in total. The van der Waals surface area contributed by atoms with Crippen molar-refractivity contribution in [1.29, 1.82) is 0 Å². The summed E-state index contributed by atoms with van der Waals surface area (Å²) in [5.74, 6) is -0.224. The minimum atomic E-state index is -0.749. The molecule has 4 aromatic rings. The van der Waals surface area contributed by atoms with Gasteiger partial charge in [-0.05, 0) is 30.3 Å². The maximum atomic E-state index is 13.8. The quantitative estimate of drug-likeness (QED) is 0.532. The van der Waals surface area contributed by atoms with Gasteiger partial charge in [0.05, 0.1) is 11.9 Å². The van der Waals surface area contributed by atoms with Crippen LogP contribution in [-0.2, 0) is 4.79 Å². The fourth-order valence-corrected chi connectivity index (χ4v) is 2.55. The first-order valence-electron chi connectivity index (χ1n) is 8.46. The lowest BCUT2D eigenvalue weighted by atomic mass is 10.3. The van der Waals surface area contributed by atoms with Gasteiger partial charge in [-0.3, -0.25) is 4.79 Å². The van der Waals surface area contributed by atoms with Crippen molar-refractivity contribution in [2.24, 2.45) is 0 Å². The summed E-state index contributed by atoms with van der Waals surface area (Å²) >= 11 is 0. The Bertz CT molecular complexity index is 1210. The molecule has 3 aromatic heterocycles. The Balaban J connectivity index is 1.55. The van der Waals surface area contributed by atoms with Crippen LogP contribution >= 0.6 is 0 Å². The van der Waals surface area contributed by atoms with Crippen molar-refractivity contribution in [2.45, 2.75) is 6.92 Å². The van der Waals surface area contributed by atoms with E-state index >= 15 is 0 Å².